The number of nitrogens with two attached hydrogens (primary N) is 1. The molecule has 45 heavy (non-hydrogen) atoms. The van der Waals surface area contributed by atoms with Gasteiger partial charge in [0.25, 0.3) is 0 Å². The van der Waals surface area contributed by atoms with Crippen LogP contribution in [0, 0.1) is 5.92 Å². The van der Waals surface area contributed by atoms with E-state index in [1.54, 1.807) is 0 Å². The van der Waals surface area contributed by atoms with Crippen LogP contribution in [0.1, 0.15) is 80.1 Å². The Morgan fingerprint density at radius 3 is 1.60 bits per heavy atom. The Morgan fingerprint density at radius 2 is 1.09 bits per heavy atom. The van der Waals surface area contributed by atoms with Crippen molar-refractivity contribution in [2.75, 3.05) is 6.54 Å². The van der Waals surface area contributed by atoms with Crippen molar-refractivity contribution in [1.29, 1.82) is 0 Å². The summed E-state index contributed by atoms with van der Waals surface area (Å²) in [6.07, 6.45) is 1.06. The lowest BCUT2D eigenvalue weighted by Crippen LogP contribution is -2.53. The predicted octanol–water partition coefficient (Wildman–Crippen LogP) is -1.90. The van der Waals surface area contributed by atoms with Gasteiger partial charge in [-0.1, -0.05) is 13.8 Å². The number of nitrogens with one attached hydrogen (secondary N) is 6. The van der Waals surface area contributed by atoms with E-state index in [9.17, 15) is 38.4 Å². The van der Waals surface area contributed by atoms with E-state index >= 15 is 0 Å². The molecule has 0 aromatic carbocycles. The lowest BCUT2D eigenvalue weighted by atomic mass is 9.98. The molecule has 17 heteroatoms. The summed E-state index contributed by atoms with van der Waals surface area (Å²) < 4.78 is 0. The maximum absolute atomic E-state index is 12.7. The number of carboxylic acid groups (broad SMARTS) is 2. The molecule has 0 aromatic heterocycles. The number of rotatable bonds is 21. The van der Waals surface area contributed by atoms with Gasteiger partial charge < -0.3 is 47.8 Å². The Bertz CT molecular complexity index is 1070. The number of hydrogen-bond acceptors (Lipinski definition) is 9. The highest BCUT2D eigenvalue weighted by Crippen LogP contribution is 2.12. The summed E-state index contributed by atoms with van der Waals surface area (Å²) in [6.45, 7) is 9.05. The lowest BCUT2D eigenvalue weighted by molar-refractivity contribution is -0.141. The summed E-state index contributed by atoms with van der Waals surface area (Å²) in [4.78, 5) is 95.2. The molecule has 6 amide bonds. The average Bonchev–Trinajstić information content (AvgIpc) is 2.93. The van der Waals surface area contributed by atoms with E-state index in [2.05, 4.69) is 31.9 Å². The third-order valence-corrected chi connectivity index (χ3v) is 6.51. The first-order valence-corrected chi connectivity index (χ1v) is 14.8. The summed E-state index contributed by atoms with van der Waals surface area (Å²) in [6, 6.07) is -5.48. The Morgan fingerprint density at radius 1 is 0.600 bits per heavy atom. The van der Waals surface area contributed by atoms with Gasteiger partial charge in [0.15, 0.2) is 0 Å². The molecule has 256 valence electrons. The summed E-state index contributed by atoms with van der Waals surface area (Å²) in [5, 5.41) is 32.4. The van der Waals surface area contributed by atoms with Crippen LogP contribution in [-0.2, 0) is 38.4 Å². The number of carbonyl (C=O) groups is 8. The highest BCUT2D eigenvalue weighted by Gasteiger charge is 2.24. The zero-order chi connectivity index (χ0) is 34.9. The third-order valence-electron chi connectivity index (χ3n) is 6.51. The molecule has 0 saturated carbocycles. The second-order valence-electron chi connectivity index (χ2n) is 11.4. The van der Waals surface area contributed by atoms with Gasteiger partial charge in [-0.05, 0) is 59.3 Å². The van der Waals surface area contributed by atoms with Crippen LogP contribution in [0.25, 0.3) is 0 Å². The van der Waals surface area contributed by atoms with Gasteiger partial charge in [-0.25, -0.2) is 0 Å². The molecular formula is C28H49N7O10. The minimum atomic E-state index is -1.23. The molecule has 0 bridgehead atoms. The minimum absolute atomic E-state index is 0.0504. The standard InChI is InChI=1S/C28H49N7O10/c1-14(2)12-19(35-26(42)16(4)32-22(37)13-30-27(43)20(29)10-11-23(38)39)8-7-9-21(36)31-15(3)24(40)33-17(5)25(41)34-18(6)28(44)45/h14-20H,7-13,29H2,1-6H3,(H,30,43)(H,31,36)(H,32,37)(H,33,40)(H,34,41)(H,35,42)(H,38,39)(H,44,45)/t15?,16?,17-,18-,19?,20?/m0/s1. The van der Waals surface area contributed by atoms with Crippen molar-refractivity contribution in [3.63, 3.8) is 0 Å². The zero-order valence-corrected chi connectivity index (χ0v) is 26.7. The summed E-state index contributed by atoms with van der Waals surface area (Å²) in [7, 11) is 0. The van der Waals surface area contributed by atoms with Gasteiger partial charge in [-0.15, -0.1) is 0 Å². The molecule has 0 fully saturated rings. The van der Waals surface area contributed by atoms with Gasteiger partial charge in [0.1, 0.15) is 24.2 Å². The van der Waals surface area contributed by atoms with Gasteiger partial charge in [0, 0.05) is 18.9 Å². The van der Waals surface area contributed by atoms with E-state index in [4.69, 9.17) is 15.9 Å². The van der Waals surface area contributed by atoms with E-state index in [0.29, 0.717) is 19.3 Å². The molecule has 4 unspecified atom stereocenters. The first kappa shape index (κ1) is 40.7. The second-order valence-corrected chi connectivity index (χ2v) is 11.4. The summed E-state index contributed by atoms with van der Waals surface area (Å²) >= 11 is 0. The number of amides is 6. The molecule has 0 saturated heterocycles. The number of carboxylic acids is 2. The van der Waals surface area contributed by atoms with Crippen molar-refractivity contribution in [2.45, 2.75) is 116 Å². The van der Waals surface area contributed by atoms with Crippen LogP contribution in [0.15, 0.2) is 0 Å². The van der Waals surface area contributed by atoms with Crippen LogP contribution in [0.5, 0.6) is 0 Å². The first-order valence-electron chi connectivity index (χ1n) is 14.8. The molecule has 0 aromatic rings. The average molecular weight is 644 g/mol. The number of hydrogen-bond donors (Lipinski definition) is 9. The fourth-order valence-electron chi connectivity index (χ4n) is 3.90. The molecule has 0 rings (SSSR count). The van der Waals surface area contributed by atoms with E-state index in [-0.39, 0.29) is 31.2 Å². The minimum Gasteiger partial charge on any atom is -0.481 e. The molecule has 6 atom stereocenters. The van der Waals surface area contributed by atoms with Crippen molar-refractivity contribution in [1.82, 2.24) is 31.9 Å². The molecule has 0 aliphatic heterocycles. The maximum atomic E-state index is 12.7. The highest BCUT2D eigenvalue weighted by atomic mass is 16.4. The quantitative estimate of drug-likeness (QED) is 0.0666. The number of carbonyl (C=O) groups excluding carboxylic acids is 6. The first-order chi connectivity index (χ1) is 20.8. The van der Waals surface area contributed by atoms with Gasteiger partial charge in [-0.2, -0.15) is 0 Å². The molecule has 0 aliphatic rings. The summed E-state index contributed by atoms with van der Waals surface area (Å²) in [5.74, 6) is -5.66. The third kappa shape index (κ3) is 18.2. The van der Waals surface area contributed by atoms with E-state index in [1.165, 1.54) is 27.7 Å². The topological polar surface area (TPSA) is 275 Å². The van der Waals surface area contributed by atoms with Crippen LogP contribution in [0.3, 0.4) is 0 Å². The highest BCUT2D eigenvalue weighted by molar-refractivity contribution is 5.93. The van der Waals surface area contributed by atoms with Crippen molar-refractivity contribution in [3.05, 3.63) is 0 Å². The molecular weight excluding hydrogens is 594 g/mol. The predicted molar refractivity (Wildman–Crippen MR) is 161 cm³/mol. The fraction of sp³-hybridized carbons (Fsp3) is 0.714. The Labute approximate surface area is 262 Å². The van der Waals surface area contributed by atoms with Crippen molar-refractivity contribution >= 4 is 47.4 Å². The normalized spacial score (nSPS) is 14.8. The largest absolute Gasteiger partial charge is 0.481 e. The van der Waals surface area contributed by atoms with Crippen molar-refractivity contribution < 1.29 is 48.6 Å². The van der Waals surface area contributed by atoms with Gasteiger partial charge in [-0.3, -0.25) is 38.4 Å². The fourth-order valence-corrected chi connectivity index (χ4v) is 3.90. The van der Waals surface area contributed by atoms with Crippen molar-refractivity contribution in [3.8, 4) is 0 Å². The van der Waals surface area contributed by atoms with E-state index in [1.807, 2.05) is 13.8 Å². The number of aliphatic carboxylic acids is 2. The Balaban J connectivity index is 4.72. The monoisotopic (exact) mass is 643 g/mol. The second kappa shape index (κ2) is 20.6. The Kier molecular flexibility index (Phi) is 18.7. The van der Waals surface area contributed by atoms with Crippen molar-refractivity contribution in [2.24, 2.45) is 11.7 Å². The SMILES string of the molecule is CC(C)CC(CCCC(=O)NC(C)C(=O)N[C@@H](C)C(=O)N[C@@H](C)C(=O)O)NC(=O)C(C)NC(=O)CNC(=O)C(N)CCC(=O)O. The van der Waals surface area contributed by atoms with Crippen LogP contribution < -0.4 is 37.6 Å². The molecule has 0 aliphatic carbocycles. The molecule has 0 radical (unpaired) electrons. The van der Waals surface area contributed by atoms with Gasteiger partial charge in [0.2, 0.25) is 35.4 Å². The van der Waals surface area contributed by atoms with Gasteiger partial charge >= 0.3 is 11.9 Å². The molecule has 10 N–H and O–H groups in total. The van der Waals surface area contributed by atoms with Crippen LogP contribution >= 0.6 is 0 Å². The van der Waals surface area contributed by atoms with E-state index in [0.717, 1.165) is 0 Å². The van der Waals surface area contributed by atoms with Crippen LogP contribution in [0.2, 0.25) is 0 Å². The van der Waals surface area contributed by atoms with E-state index < -0.39 is 84.1 Å². The van der Waals surface area contributed by atoms with Crippen LogP contribution in [-0.4, -0.2) is 100 Å². The lowest BCUT2D eigenvalue weighted by Gasteiger charge is -2.23. The van der Waals surface area contributed by atoms with Crippen LogP contribution in [0.4, 0.5) is 0 Å². The maximum Gasteiger partial charge on any atom is 0.325 e. The smallest absolute Gasteiger partial charge is 0.325 e. The molecule has 0 spiro atoms. The zero-order valence-electron chi connectivity index (χ0n) is 26.7. The molecule has 0 heterocycles. The van der Waals surface area contributed by atoms with Gasteiger partial charge in [0.05, 0.1) is 12.6 Å². The molecule has 17 nitrogen and oxygen atoms in total. The Hall–Kier alpha value is -4.28. The summed E-state index contributed by atoms with van der Waals surface area (Å²) in [5.41, 5.74) is 5.60.